The minimum absolute atomic E-state index is 0.0364. The lowest BCUT2D eigenvalue weighted by atomic mass is 9.87. The van der Waals surface area contributed by atoms with Gasteiger partial charge in [-0.2, -0.15) is 0 Å². The van der Waals surface area contributed by atoms with E-state index in [1.807, 2.05) is 24.3 Å². The number of anilines is 1. The molecule has 0 aliphatic carbocycles. The van der Waals surface area contributed by atoms with Crippen LogP contribution in [0.1, 0.15) is 26.3 Å². The first-order chi connectivity index (χ1) is 7.84. The molecule has 0 saturated carbocycles. The Morgan fingerprint density at radius 1 is 1.41 bits per heavy atom. The van der Waals surface area contributed by atoms with Crippen LogP contribution in [0.4, 0.5) is 5.69 Å². The van der Waals surface area contributed by atoms with Gasteiger partial charge in [-0.05, 0) is 23.1 Å². The van der Waals surface area contributed by atoms with Crippen LogP contribution in [0.25, 0.3) is 0 Å². The van der Waals surface area contributed by atoms with Gasteiger partial charge in [-0.3, -0.25) is 4.79 Å². The van der Waals surface area contributed by atoms with Crippen LogP contribution < -0.4 is 5.32 Å². The fourth-order valence-electron chi connectivity index (χ4n) is 1.35. The molecule has 17 heavy (non-hydrogen) atoms. The first-order valence-corrected chi connectivity index (χ1v) is 5.55. The molecule has 0 radical (unpaired) electrons. The zero-order chi connectivity index (χ0) is 13.1. The van der Waals surface area contributed by atoms with Crippen LogP contribution in [-0.2, 0) is 10.2 Å². The highest BCUT2D eigenvalue weighted by atomic mass is 16.3. The van der Waals surface area contributed by atoms with Crippen LogP contribution in [0.2, 0.25) is 0 Å². The van der Waals surface area contributed by atoms with Crippen molar-refractivity contribution in [2.75, 3.05) is 11.9 Å². The SMILES string of the molecule is C=C(CO)C(=O)Nc1cccc(C(C)(C)C)c1. The summed E-state index contributed by atoms with van der Waals surface area (Å²) in [6, 6.07) is 7.68. The van der Waals surface area contributed by atoms with Gasteiger partial charge >= 0.3 is 0 Å². The van der Waals surface area contributed by atoms with Crippen LogP contribution in [0.5, 0.6) is 0 Å². The van der Waals surface area contributed by atoms with Crippen molar-refractivity contribution in [3.8, 4) is 0 Å². The molecule has 0 aliphatic heterocycles. The number of carbonyl (C=O) groups excluding carboxylic acids is 1. The molecule has 0 aromatic heterocycles. The monoisotopic (exact) mass is 233 g/mol. The van der Waals surface area contributed by atoms with Gasteiger partial charge in [0, 0.05) is 11.3 Å². The molecule has 0 bridgehead atoms. The van der Waals surface area contributed by atoms with E-state index in [0.29, 0.717) is 0 Å². The summed E-state index contributed by atoms with van der Waals surface area (Å²) < 4.78 is 0. The van der Waals surface area contributed by atoms with Crippen LogP contribution in [-0.4, -0.2) is 17.6 Å². The van der Waals surface area contributed by atoms with Gasteiger partial charge in [0.2, 0.25) is 0 Å². The normalized spacial score (nSPS) is 11.1. The van der Waals surface area contributed by atoms with Crippen molar-refractivity contribution in [1.29, 1.82) is 0 Å². The van der Waals surface area contributed by atoms with Crippen molar-refractivity contribution in [2.24, 2.45) is 0 Å². The molecule has 0 spiro atoms. The highest BCUT2D eigenvalue weighted by molar-refractivity contribution is 6.03. The molecule has 1 aromatic carbocycles. The van der Waals surface area contributed by atoms with Crippen LogP contribution in [0.15, 0.2) is 36.4 Å². The number of hydrogen-bond acceptors (Lipinski definition) is 2. The summed E-state index contributed by atoms with van der Waals surface area (Å²) in [5, 5.41) is 11.5. The van der Waals surface area contributed by atoms with Crippen molar-refractivity contribution in [2.45, 2.75) is 26.2 Å². The van der Waals surface area contributed by atoms with E-state index < -0.39 is 0 Å². The molecular formula is C14H19NO2. The average Bonchev–Trinajstić information content (AvgIpc) is 2.27. The molecular weight excluding hydrogens is 214 g/mol. The average molecular weight is 233 g/mol. The lowest BCUT2D eigenvalue weighted by Crippen LogP contribution is -2.17. The number of rotatable bonds is 3. The van der Waals surface area contributed by atoms with Gasteiger partial charge in [-0.1, -0.05) is 39.5 Å². The molecule has 2 N–H and O–H groups in total. The predicted octanol–water partition coefficient (Wildman–Crippen LogP) is 2.47. The maximum atomic E-state index is 11.5. The second-order valence-corrected chi connectivity index (χ2v) is 5.05. The van der Waals surface area contributed by atoms with Gasteiger partial charge < -0.3 is 10.4 Å². The summed E-state index contributed by atoms with van der Waals surface area (Å²) in [7, 11) is 0. The Bertz CT molecular complexity index is 430. The first-order valence-electron chi connectivity index (χ1n) is 5.55. The summed E-state index contributed by atoms with van der Waals surface area (Å²) in [6.45, 7) is 9.48. The Kier molecular flexibility index (Phi) is 4.07. The Hall–Kier alpha value is -1.61. The van der Waals surface area contributed by atoms with E-state index >= 15 is 0 Å². The summed E-state index contributed by atoms with van der Waals surface area (Å²) in [5.74, 6) is -0.349. The van der Waals surface area contributed by atoms with E-state index in [9.17, 15) is 4.79 Å². The molecule has 1 rings (SSSR count). The molecule has 0 saturated heterocycles. The van der Waals surface area contributed by atoms with E-state index in [1.54, 1.807) is 0 Å². The van der Waals surface area contributed by atoms with Crippen molar-refractivity contribution < 1.29 is 9.90 Å². The molecule has 0 aliphatic rings. The molecule has 0 atom stereocenters. The van der Waals surface area contributed by atoms with E-state index in [-0.39, 0.29) is 23.5 Å². The standard InChI is InChI=1S/C14H19NO2/c1-10(9-16)13(17)15-12-7-5-6-11(8-12)14(2,3)4/h5-8,16H,1,9H2,2-4H3,(H,15,17). The topological polar surface area (TPSA) is 49.3 Å². The van der Waals surface area contributed by atoms with Gasteiger partial charge in [0.1, 0.15) is 0 Å². The predicted molar refractivity (Wildman–Crippen MR) is 70.0 cm³/mol. The van der Waals surface area contributed by atoms with Crippen molar-refractivity contribution in [1.82, 2.24) is 0 Å². The third kappa shape index (κ3) is 3.71. The maximum Gasteiger partial charge on any atom is 0.253 e. The van der Waals surface area contributed by atoms with E-state index in [2.05, 4.69) is 32.7 Å². The van der Waals surface area contributed by atoms with E-state index in [0.717, 1.165) is 11.3 Å². The smallest absolute Gasteiger partial charge is 0.253 e. The fraction of sp³-hybridized carbons (Fsp3) is 0.357. The van der Waals surface area contributed by atoms with Crippen LogP contribution in [0, 0.1) is 0 Å². The number of aliphatic hydroxyl groups excluding tert-OH is 1. The minimum Gasteiger partial charge on any atom is -0.391 e. The number of benzene rings is 1. The number of nitrogens with one attached hydrogen (secondary N) is 1. The molecule has 3 heteroatoms. The second-order valence-electron chi connectivity index (χ2n) is 5.05. The Morgan fingerprint density at radius 2 is 2.06 bits per heavy atom. The molecule has 1 aromatic rings. The van der Waals surface area contributed by atoms with E-state index in [4.69, 9.17) is 5.11 Å². The van der Waals surface area contributed by atoms with Crippen LogP contribution >= 0.6 is 0 Å². The van der Waals surface area contributed by atoms with E-state index in [1.165, 1.54) is 0 Å². The zero-order valence-electron chi connectivity index (χ0n) is 10.6. The van der Waals surface area contributed by atoms with Crippen molar-refractivity contribution in [3.63, 3.8) is 0 Å². The Labute approximate surface area is 102 Å². The molecule has 1 amide bonds. The summed E-state index contributed by atoms with van der Waals surface area (Å²) >= 11 is 0. The highest BCUT2D eigenvalue weighted by Crippen LogP contribution is 2.24. The summed E-state index contributed by atoms with van der Waals surface area (Å²) in [4.78, 5) is 11.5. The number of hydrogen-bond donors (Lipinski definition) is 2. The van der Waals surface area contributed by atoms with Gasteiger partial charge in [-0.15, -0.1) is 0 Å². The summed E-state index contributed by atoms with van der Waals surface area (Å²) in [6.07, 6.45) is 0. The quantitative estimate of drug-likeness (QED) is 0.788. The molecule has 0 unspecified atom stereocenters. The zero-order valence-corrected chi connectivity index (χ0v) is 10.6. The molecule has 0 fully saturated rings. The lowest BCUT2D eigenvalue weighted by molar-refractivity contribution is -0.113. The van der Waals surface area contributed by atoms with Crippen LogP contribution in [0.3, 0.4) is 0 Å². The summed E-state index contributed by atoms with van der Waals surface area (Å²) in [5.41, 5.74) is 2.06. The molecule has 3 nitrogen and oxygen atoms in total. The number of carbonyl (C=O) groups is 1. The van der Waals surface area contributed by atoms with Gasteiger partial charge in [0.05, 0.1) is 6.61 Å². The fourth-order valence-corrected chi connectivity index (χ4v) is 1.35. The van der Waals surface area contributed by atoms with Crippen molar-refractivity contribution in [3.05, 3.63) is 42.0 Å². The van der Waals surface area contributed by atoms with Gasteiger partial charge in [-0.25, -0.2) is 0 Å². The number of amides is 1. The molecule has 0 heterocycles. The second kappa shape index (κ2) is 5.15. The Morgan fingerprint density at radius 3 is 2.59 bits per heavy atom. The number of aliphatic hydroxyl groups is 1. The lowest BCUT2D eigenvalue weighted by Gasteiger charge is -2.19. The third-order valence-electron chi connectivity index (χ3n) is 2.50. The maximum absolute atomic E-state index is 11.5. The van der Waals surface area contributed by atoms with Crippen molar-refractivity contribution >= 4 is 11.6 Å². The minimum atomic E-state index is -0.349. The largest absolute Gasteiger partial charge is 0.391 e. The third-order valence-corrected chi connectivity index (χ3v) is 2.50. The van der Waals surface area contributed by atoms with Gasteiger partial charge in [0.15, 0.2) is 0 Å². The highest BCUT2D eigenvalue weighted by Gasteiger charge is 2.14. The van der Waals surface area contributed by atoms with Gasteiger partial charge in [0.25, 0.3) is 5.91 Å². The molecule has 92 valence electrons. The first kappa shape index (κ1) is 13.5. The Balaban J connectivity index is 2.87.